The molecule has 0 saturated carbocycles. The van der Waals surface area contributed by atoms with Gasteiger partial charge in [0.1, 0.15) is 0 Å². The third-order valence-electron chi connectivity index (χ3n) is 3.40. The van der Waals surface area contributed by atoms with E-state index < -0.39 is 0 Å². The number of hydrogen-bond acceptors (Lipinski definition) is 2. The molecular weight excluding hydrogens is 382 g/mol. The first-order valence-electron chi connectivity index (χ1n) is 6.73. The molecular formula is C15H19Br2N3. The van der Waals surface area contributed by atoms with E-state index in [-0.39, 0.29) is 0 Å². The number of rotatable bonds is 5. The SMILES string of the molecule is CCn1nc(C)c(Br)c1CN[C@@H](C)c1ccc(Br)cc1. The van der Waals surface area contributed by atoms with Gasteiger partial charge in [-0.25, -0.2) is 0 Å². The van der Waals surface area contributed by atoms with Crippen molar-refractivity contribution in [2.24, 2.45) is 0 Å². The Bertz CT molecular complexity index is 576. The Morgan fingerprint density at radius 2 is 1.90 bits per heavy atom. The van der Waals surface area contributed by atoms with Gasteiger partial charge in [0.05, 0.1) is 15.9 Å². The van der Waals surface area contributed by atoms with Crippen LogP contribution in [0.3, 0.4) is 0 Å². The third-order valence-corrected chi connectivity index (χ3v) is 4.96. The van der Waals surface area contributed by atoms with E-state index in [4.69, 9.17) is 0 Å². The maximum atomic E-state index is 4.51. The number of aryl methyl sites for hydroxylation is 2. The van der Waals surface area contributed by atoms with Crippen LogP contribution in [0, 0.1) is 6.92 Å². The summed E-state index contributed by atoms with van der Waals surface area (Å²) in [5.74, 6) is 0. The lowest BCUT2D eigenvalue weighted by Crippen LogP contribution is -2.20. The maximum absolute atomic E-state index is 4.51. The topological polar surface area (TPSA) is 29.9 Å². The lowest BCUT2D eigenvalue weighted by atomic mass is 10.1. The Labute approximate surface area is 137 Å². The molecule has 0 aliphatic carbocycles. The number of halogens is 2. The molecule has 1 atom stereocenters. The summed E-state index contributed by atoms with van der Waals surface area (Å²) in [5.41, 5.74) is 3.53. The Morgan fingerprint density at radius 3 is 2.50 bits per heavy atom. The van der Waals surface area contributed by atoms with Gasteiger partial charge in [-0.2, -0.15) is 5.10 Å². The summed E-state index contributed by atoms with van der Waals surface area (Å²) in [4.78, 5) is 0. The first-order valence-corrected chi connectivity index (χ1v) is 8.32. The second-order valence-corrected chi connectivity index (χ2v) is 6.52. The van der Waals surface area contributed by atoms with Gasteiger partial charge in [-0.1, -0.05) is 28.1 Å². The van der Waals surface area contributed by atoms with Crippen LogP contribution in [0.2, 0.25) is 0 Å². The predicted molar refractivity (Wildman–Crippen MR) is 89.7 cm³/mol. The molecule has 1 heterocycles. The molecule has 1 aromatic heterocycles. The minimum absolute atomic E-state index is 0.301. The first-order chi connectivity index (χ1) is 9.52. The van der Waals surface area contributed by atoms with Crippen molar-refractivity contribution in [3.05, 3.63) is 50.2 Å². The molecule has 3 nitrogen and oxygen atoms in total. The molecule has 0 fully saturated rings. The molecule has 5 heteroatoms. The zero-order valence-corrected chi connectivity index (χ0v) is 15.1. The largest absolute Gasteiger partial charge is 0.305 e. The summed E-state index contributed by atoms with van der Waals surface area (Å²) in [5, 5.41) is 8.07. The Morgan fingerprint density at radius 1 is 1.25 bits per heavy atom. The summed E-state index contributed by atoms with van der Waals surface area (Å²) in [6.45, 7) is 8.00. The third kappa shape index (κ3) is 3.51. The molecule has 20 heavy (non-hydrogen) atoms. The van der Waals surface area contributed by atoms with Gasteiger partial charge in [-0.05, 0) is 54.4 Å². The minimum Gasteiger partial charge on any atom is -0.305 e. The summed E-state index contributed by atoms with van der Waals surface area (Å²) in [6.07, 6.45) is 0. The van der Waals surface area contributed by atoms with Gasteiger partial charge in [-0.15, -0.1) is 0 Å². The fourth-order valence-electron chi connectivity index (χ4n) is 2.16. The number of nitrogens with one attached hydrogen (secondary N) is 1. The van der Waals surface area contributed by atoms with E-state index >= 15 is 0 Å². The monoisotopic (exact) mass is 399 g/mol. The van der Waals surface area contributed by atoms with Gasteiger partial charge in [0.25, 0.3) is 0 Å². The van der Waals surface area contributed by atoms with Crippen LogP contribution in [0.15, 0.2) is 33.2 Å². The van der Waals surface area contributed by atoms with Gasteiger partial charge in [0.15, 0.2) is 0 Å². The Hall–Kier alpha value is -0.650. The maximum Gasteiger partial charge on any atom is 0.0739 e. The zero-order chi connectivity index (χ0) is 14.7. The van der Waals surface area contributed by atoms with Crippen LogP contribution < -0.4 is 5.32 Å². The quantitative estimate of drug-likeness (QED) is 0.795. The van der Waals surface area contributed by atoms with E-state index in [0.29, 0.717) is 6.04 Å². The minimum atomic E-state index is 0.301. The highest BCUT2D eigenvalue weighted by Gasteiger charge is 2.13. The summed E-state index contributed by atoms with van der Waals surface area (Å²) >= 11 is 7.09. The van der Waals surface area contributed by atoms with Gasteiger partial charge < -0.3 is 5.32 Å². The molecule has 0 amide bonds. The van der Waals surface area contributed by atoms with Crippen molar-refractivity contribution in [3.63, 3.8) is 0 Å². The molecule has 0 radical (unpaired) electrons. The number of benzene rings is 1. The molecule has 0 unspecified atom stereocenters. The normalized spacial score (nSPS) is 12.7. The number of nitrogens with zero attached hydrogens (tertiary/aromatic N) is 2. The molecule has 2 aromatic rings. The van der Waals surface area contributed by atoms with Crippen molar-refractivity contribution in [2.45, 2.75) is 39.9 Å². The lowest BCUT2D eigenvalue weighted by molar-refractivity contribution is 0.530. The molecule has 0 aliphatic rings. The summed E-state index contributed by atoms with van der Waals surface area (Å²) < 4.78 is 4.26. The van der Waals surface area contributed by atoms with Gasteiger partial charge in [-0.3, -0.25) is 4.68 Å². The second kappa shape index (κ2) is 6.87. The van der Waals surface area contributed by atoms with Crippen molar-refractivity contribution in [3.8, 4) is 0 Å². The number of aromatic nitrogens is 2. The van der Waals surface area contributed by atoms with Crippen LogP contribution in [0.25, 0.3) is 0 Å². The fraction of sp³-hybridized carbons (Fsp3) is 0.400. The molecule has 0 aliphatic heterocycles. The summed E-state index contributed by atoms with van der Waals surface area (Å²) in [6, 6.07) is 8.72. The van der Waals surface area contributed by atoms with Crippen molar-refractivity contribution in [2.75, 3.05) is 0 Å². The lowest BCUT2D eigenvalue weighted by Gasteiger charge is -2.15. The van der Waals surface area contributed by atoms with E-state index in [0.717, 1.165) is 27.7 Å². The van der Waals surface area contributed by atoms with Gasteiger partial charge >= 0.3 is 0 Å². The highest BCUT2D eigenvalue weighted by molar-refractivity contribution is 9.10. The van der Waals surface area contributed by atoms with Crippen LogP contribution in [0.5, 0.6) is 0 Å². The fourth-order valence-corrected chi connectivity index (χ4v) is 2.85. The van der Waals surface area contributed by atoms with Crippen LogP contribution in [-0.4, -0.2) is 9.78 Å². The highest BCUT2D eigenvalue weighted by Crippen LogP contribution is 2.22. The molecule has 1 aromatic carbocycles. The molecule has 0 saturated heterocycles. The smallest absolute Gasteiger partial charge is 0.0739 e. The molecule has 0 spiro atoms. The van der Waals surface area contributed by atoms with E-state index in [1.807, 2.05) is 11.6 Å². The van der Waals surface area contributed by atoms with Crippen LogP contribution in [0.4, 0.5) is 0 Å². The van der Waals surface area contributed by atoms with Crippen LogP contribution in [0.1, 0.15) is 36.8 Å². The Kier molecular flexibility index (Phi) is 5.41. The molecule has 2 rings (SSSR count). The average Bonchev–Trinajstić information content (AvgIpc) is 2.72. The van der Waals surface area contributed by atoms with E-state index in [1.54, 1.807) is 0 Å². The van der Waals surface area contributed by atoms with Crippen LogP contribution >= 0.6 is 31.9 Å². The molecule has 0 bridgehead atoms. The van der Waals surface area contributed by atoms with Crippen molar-refractivity contribution < 1.29 is 0 Å². The van der Waals surface area contributed by atoms with E-state index in [9.17, 15) is 0 Å². The zero-order valence-electron chi connectivity index (χ0n) is 12.0. The van der Waals surface area contributed by atoms with Crippen molar-refractivity contribution >= 4 is 31.9 Å². The van der Waals surface area contributed by atoms with Crippen molar-refractivity contribution in [1.82, 2.24) is 15.1 Å². The van der Waals surface area contributed by atoms with Gasteiger partial charge in [0.2, 0.25) is 0 Å². The standard InChI is InChI=1S/C15H19Br2N3/c1-4-20-14(15(17)11(3)19-20)9-18-10(2)12-5-7-13(16)8-6-12/h5-8,10,18H,4,9H2,1-3H3/t10-/m0/s1. The molecule has 108 valence electrons. The Balaban J connectivity index is 2.07. The predicted octanol–water partition coefficient (Wildman–Crippen LogP) is 4.59. The van der Waals surface area contributed by atoms with E-state index in [2.05, 4.69) is 80.4 Å². The van der Waals surface area contributed by atoms with Crippen LogP contribution in [-0.2, 0) is 13.1 Å². The van der Waals surface area contributed by atoms with Crippen molar-refractivity contribution in [1.29, 1.82) is 0 Å². The number of hydrogen-bond donors (Lipinski definition) is 1. The first kappa shape index (κ1) is 15.7. The van der Waals surface area contributed by atoms with E-state index in [1.165, 1.54) is 11.3 Å². The molecule has 1 N–H and O–H groups in total. The second-order valence-electron chi connectivity index (χ2n) is 4.82. The average molecular weight is 401 g/mol. The van der Waals surface area contributed by atoms with Gasteiger partial charge in [0, 0.05) is 23.6 Å². The summed E-state index contributed by atoms with van der Waals surface area (Å²) in [7, 11) is 0. The highest BCUT2D eigenvalue weighted by atomic mass is 79.9.